The highest BCUT2D eigenvalue weighted by Crippen LogP contribution is 2.25. The monoisotopic (exact) mass is 359 g/mol. The summed E-state index contributed by atoms with van der Waals surface area (Å²) in [7, 11) is 0. The zero-order valence-corrected chi connectivity index (χ0v) is 14.8. The van der Waals surface area contributed by atoms with Crippen molar-refractivity contribution in [3.8, 4) is 11.3 Å². The van der Waals surface area contributed by atoms with E-state index in [4.69, 9.17) is 11.6 Å². The number of rotatable bonds is 4. The van der Waals surface area contributed by atoms with Crippen LogP contribution in [0.4, 0.5) is 0 Å². The number of carbonyl (C=O) groups excluding carboxylic acids is 1. The second-order valence-electron chi connectivity index (χ2n) is 6.10. The van der Waals surface area contributed by atoms with Crippen molar-refractivity contribution >= 4 is 33.8 Å². The summed E-state index contributed by atoms with van der Waals surface area (Å²) in [6.45, 7) is 1.84. The van der Waals surface area contributed by atoms with E-state index in [9.17, 15) is 4.79 Å². The predicted molar refractivity (Wildman–Crippen MR) is 97.7 cm³/mol. The number of thiazole rings is 1. The number of imidazole rings is 1. The van der Waals surface area contributed by atoms with E-state index in [0.717, 1.165) is 59.3 Å². The van der Waals surface area contributed by atoms with Gasteiger partial charge < -0.3 is 4.90 Å². The summed E-state index contributed by atoms with van der Waals surface area (Å²) in [5.41, 5.74) is 3.13. The number of amides is 1. The van der Waals surface area contributed by atoms with Crippen LogP contribution in [-0.2, 0) is 11.2 Å². The Morgan fingerprint density at radius 3 is 2.71 bits per heavy atom. The van der Waals surface area contributed by atoms with Gasteiger partial charge in [-0.1, -0.05) is 23.7 Å². The molecule has 3 aromatic rings. The van der Waals surface area contributed by atoms with Gasteiger partial charge in [-0.2, -0.15) is 0 Å². The number of aromatic nitrogens is 2. The highest BCUT2D eigenvalue weighted by Gasteiger charge is 2.18. The molecule has 1 fully saturated rings. The molecule has 1 amide bonds. The Balaban J connectivity index is 1.51. The van der Waals surface area contributed by atoms with E-state index in [-0.39, 0.29) is 5.91 Å². The molecule has 2 aromatic heterocycles. The number of hydrogen-bond donors (Lipinski definition) is 0. The lowest BCUT2D eigenvalue weighted by Gasteiger charge is -2.14. The highest BCUT2D eigenvalue weighted by molar-refractivity contribution is 7.15. The minimum Gasteiger partial charge on any atom is -0.343 e. The van der Waals surface area contributed by atoms with Crippen LogP contribution in [0, 0.1) is 0 Å². The van der Waals surface area contributed by atoms with Gasteiger partial charge in [0.2, 0.25) is 5.91 Å². The van der Waals surface area contributed by atoms with Gasteiger partial charge in [0, 0.05) is 47.4 Å². The Bertz CT molecular complexity index is 862. The number of likely N-dealkylation sites (tertiary alicyclic amines) is 1. The lowest BCUT2D eigenvalue weighted by Crippen LogP contribution is -2.27. The maximum absolute atomic E-state index is 12.2. The minimum absolute atomic E-state index is 0.268. The highest BCUT2D eigenvalue weighted by atomic mass is 35.5. The van der Waals surface area contributed by atoms with Crippen molar-refractivity contribution in [2.24, 2.45) is 0 Å². The summed E-state index contributed by atoms with van der Waals surface area (Å²) >= 11 is 7.56. The maximum atomic E-state index is 12.2. The normalized spacial score (nSPS) is 14.6. The third-order valence-electron chi connectivity index (χ3n) is 4.48. The number of hydrogen-bond acceptors (Lipinski definition) is 3. The van der Waals surface area contributed by atoms with E-state index in [2.05, 4.69) is 14.8 Å². The fourth-order valence-electron chi connectivity index (χ4n) is 3.13. The molecule has 0 atom stereocenters. The topological polar surface area (TPSA) is 37.6 Å². The van der Waals surface area contributed by atoms with E-state index < -0.39 is 0 Å². The Kier molecular flexibility index (Phi) is 4.29. The molecule has 0 N–H and O–H groups in total. The summed E-state index contributed by atoms with van der Waals surface area (Å²) in [4.78, 5) is 19.9. The van der Waals surface area contributed by atoms with Crippen molar-refractivity contribution in [3.05, 3.63) is 46.6 Å². The fourth-order valence-corrected chi connectivity index (χ4v) is 4.16. The number of fused-ring (bicyclic) bond motifs is 1. The van der Waals surface area contributed by atoms with Crippen LogP contribution in [0.25, 0.3) is 16.2 Å². The van der Waals surface area contributed by atoms with E-state index >= 15 is 0 Å². The second-order valence-corrected chi connectivity index (χ2v) is 7.37. The average Bonchev–Trinajstić information content (AvgIpc) is 3.30. The van der Waals surface area contributed by atoms with Gasteiger partial charge in [0.15, 0.2) is 4.96 Å². The lowest BCUT2D eigenvalue weighted by molar-refractivity contribution is -0.130. The second kappa shape index (κ2) is 6.57. The summed E-state index contributed by atoms with van der Waals surface area (Å²) in [6, 6.07) is 7.70. The zero-order chi connectivity index (χ0) is 16.5. The fraction of sp³-hybridized carbons (Fsp3) is 0.333. The predicted octanol–water partition coefficient (Wildman–Crippen LogP) is 4.27. The van der Waals surface area contributed by atoms with Gasteiger partial charge in [-0.15, -0.1) is 11.3 Å². The van der Waals surface area contributed by atoms with Crippen molar-refractivity contribution in [1.82, 2.24) is 14.3 Å². The molecular formula is C18H18ClN3OS. The quantitative estimate of drug-likeness (QED) is 0.697. The van der Waals surface area contributed by atoms with Crippen LogP contribution in [-0.4, -0.2) is 33.3 Å². The van der Waals surface area contributed by atoms with Gasteiger partial charge in [-0.3, -0.25) is 9.20 Å². The summed E-state index contributed by atoms with van der Waals surface area (Å²) in [6.07, 6.45) is 5.65. The number of carbonyl (C=O) groups is 1. The Morgan fingerprint density at radius 2 is 1.96 bits per heavy atom. The molecule has 0 aliphatic carbocycles. The summed E-state index contributed by atoms with van der Waals surface area (Å²) < 4.78 is 2.10. The molecule has 124 valence electrons. The SMILES string of the molecule is O=C(CCc1csc2nc(-c3ccc(Cl)cc3)cn12)N1CCCC1. The van der Waals surface area contributed by atoms with Crippen LogP contribution in [0.1, 0.15) is 25.0 Å². The summed E-state index contributed by atoms with van der Waals surface area (Å²) in [5, 5.41) is 2.83. The molecule has 0 spiro atoms. The third-order valence-corrected chi connectivity index (χ3v) is 5.62. The number of aryl methyl sites for hydroxylation is 1. The van der Waals surface area contributed by atoms with Crippen LogP contribution in [0.3, 0.4) is 0 Å². The van der Waals surface area contributed by atoms with Gasteiger partial charge >= 0.3 is 0 Å². The molecule has 1 aliphatic heterocycles. The smallest absolute Gasteiger partial charge is 0.222 e. The molecule has 0 bridgehead atoms. The number of nitrogens with zero attached hydrogens (tertiary/aromatic N) is 3. The first-order valence-corrected chi connectivity index (χ1v) is 9.46. The molecule has 0 saturated carbocycles. The molecule has 0 unspecified atom stereocenters. The van der Waals surface area contributed by atoms with Gasteiger partial charge in [0.1, 0.15) is 0 Å². The Labute approximate surface area is 149 Å². The van der Waals surface area contributed by atoms with E-state index in [1.807, 2.05) is 35.4 Å². The zero-order valence-electron chi connectivity index (χ0n) is 13.2. The van der Waals surface area contributed by atoms with Gasteiger partial charge in [-0.25, -0.2) is 4.98 Å². The van der Waals surface area contributed by atoms with Gasteiger partial charge in [0.25, 0.3) is 0 Å². The largest absolute Gasteiger partial charge is 0.343 e. The van der Waals surface area contributed by atoms with E-state index in [1.165, 1.54) is 0 Å². The third kappa shape index (κ3) is 3.06. The maximum Gasteiger partial charge on any atom is 0.222 e. The number of benzene rings is 1. The molecular weight excluding hydrogens is 342 g/mol. The Hall–Kier alpha value is -1.85. The van der Waals surface area contributed by atoms with Crippen LogP contribution in [0.15, 0.2) is 35.8 Å². The molecule has 3 heterocycles. The first kappa shape index (κ1) is 15.7. The van der Waals surface area contributed by atoms with E-state index in [1.54, 1.807) is 11.3 Å². The molecule has 6 heteroatoms. The van der Waals surface area contributed by atoms with Crippen molar-refractivity contribution in [2.45, 2.75) is 25.7 Å². The molecule has 1 aromatic carbocycles. The van der Waals surface area contributed by atoms with Crippen LogP contribution < -0.4 is 0 Å². The number of halogens is 1. The van der Waals surface area contributed by atoms with Gasteiger partial charge in [-0.05, 0) is 31.4 Å². The molecule has 4 rings (SSSR count). The first-order valence-electron chi connectivity index (χ1n) is 8.20. The van der Waals surface area contributed by atoms with Crippen molar-refractivity contribution in [2.75, 3.05) is 13.1 Å². The van der Waals surface area contributed by atoms with Crippen molar-refractivity contribution < 1.29 is 4.79 Å². The standard InChI is InChI=1S/C18H18ClN3OS/c19-14-5-3-13(4-6-14)16-11-22-15(12-24-18(22)20-16)7-8-17(23)21-9-1-2-10-21/h3-6,11-12H,1-2,7-10H2. The average molecular weight is 360 g/mol. The van der Waals surface area contributed by atoms with Crippen LogP contribution in [0.5, 0.6) is 0 Å². The van der Waals surface area contributed by atoms with Crippen LogP contribution >= 0.6 is 22.9 Å². The first-order chi connectivity index (χ1) is 11.7. The minimum atomic E-state index is 0.268. The van der Waals surface area contributed by atoms with Crippen molar-refractivity contribution in [1.29, 1.82) is 0 Å². The molecule has 24 heavy (non-hydrogen) atoms. The summed E-state index contributed by atoms with van der Waals surface area (Å²) in [5.74, 6) is 0.268. The van der Waals surface area contributed by atoms with Crippen molar-refractivity contribution in [3.63, 3.8) is 0 Å². The molecule has 4 nitrogen and oxygen atoms in total. The molecule has 0 radical (unpaired) electrons. The van der Waals surface area contributed by atoms with E-state index in [0.29, 0.717) is 6.42 Å². The lowest BCUT2D eigenvalue weighted by atomic mass is 10.2. The molecule has 1 aliphatic rings. The van der Waals surface area contributed by atoms with Gasteiger partial charge in [0.05, 0.1) is 5.69 Å². The van der Waals surface area contributed by atoms with Crippen LogP contribution in [0.2, 0.25) is 5.02 Å². The Morgan fingerprint density at radius 1 is 1.21 bits per heavy atom. The molecule has 1 saturated heterocycles.